The Labute approximate surface area is 181 Å². The van der Waals surface area contributed by atoms with E-state index in [0.29, 0.717) is 31.9 Å². The number of hydrogen-bond acceptors (Lipinski definition) is 6. The number of pyridine rings is 1. The summed E-state index contributed by atoms with van der Waals surface area (Å²) in [6.45, 7) is 2.85. The first kappa shape index (κ1) is 22.3. The summed E-state index contributed by atoms with van der Waals surface area (Å²) in [7, 11) is 1.56. The van der Waals surface area contributed by atoms with Crippen molar-refractivity contribution in [1.29, 1.82) is 0 Å². The normalized spacial score (nSPS) is 15.8. The van der Waals surface area contributed by atoms with E-state index in [9.17, 15) is 14.4 Å². The van der Waals surface area contributed by atoms with E-state index in [1.54, 1.807) is 49.3 Å². The smallest absolute Gasteiger partial charge is 0.310 e. The third kappa shape index (κ3) is 5.81. The lowest BCUT2D eigenvalue weighted by Crippen LogP contribution is -2.47. The minimum atomic E-state index is -0.369. The van der Waals surface area contributed by atoms with Gasteiger partial charge in [0, 0.05) is 26.3 Å². The average Bonchev–Trinajstić information content (AvgIpc) is 2.80. The second-order valence-electron chi connectivity index (χ2n) is 7.36. The molecule has 3 rings (SSSR count). The minimum absolute atomic E-state index is 0.103. The second-order valence-corrected chi connectivity index (χ2v) is 7.36. The largest absolute Gasteiger partial charge is 0.466 e. The molecular weight excluding hydrogens is 398 g/mol. The first-order chi connectivity index (χ1) is 15.0. The zero-order chi connectivity index (χ0) is 22.2. The third-order valence-electron chi connectivity index (χ3n) is 5.07. The molecule has 2 heterocycles. The highest BCUT2D eigenvalue weighted by Crippen LogP contribution is 2.24. The Balaban J connectivity index is 1.64. The average molecular weight is 425 g/mol. The van der Waals surface area contributed by atoms with E-state index in [1.807, 2.05) is 18.2 Å². The molecule has 31 heavy (non-hydrogen) atoms. The number of esters is 1. The molecule has 1 fully saturated rings. The van der Waals surface area contributed by atoms with Crippen LogP contribution < -0.4 is 4.74 Å². The van der Waals surface area contributed by atoms with Crippen molar-refractivity contribution in [2.75, 3.05) is 33.3 Å². The lowest BCUT2D eigenvalue weighted by molar-refractivity contribution is -0.151. The fourth-order valence-electron chi connectivity index (χ4n) is 3.47. The molecule has 0 spiro atoms. The predicted molar refractivity (Wildman–Crippen MR) is 114 cm³/mol. The number of carbonyl (C=O) groups excluding carboxylic acids is 3. The van der Waals surface area contributed by atoms with Crippen LogP contribution in [0.3, 0.4) is 0 Å². The molecule has 0 aliphatic carbocycles. The van der Waals surface area contributed by atoms with E-state index in [1.165, 1.54) is 4.90 Å². The molecular formula is C23H27N3O5. The molecule has 1 unspecified atom stereocenters. The Bertz CT molecular complexity index is 918. The van der Waals surface area contributed by atoms with Gasteiger partial charge in [-0.1, -0.05) is 18.2 Å². The van der Waals surface area contributed by atoms with Gasteiger partial charge < -0.3 is 19.3 Å². The SMILES string of the molecule is CCOC(=O)C1CCCN(C(=O)CN(C)C(=O)c2cccnc2Oc2ccccc2)C1. The van der Waals surface area contributed by atoms with Gasteiger partial charge in [-0.2, -0.15) is 0 Å². The lowest BCUT2D eigenvalue weighted by atomic mass is 9.98. The maximum absolute atomic E-state index is 13.0. The fraction of sp³-hybridized carbons (Fsp3) is 0.391. The Morgan fingerprint density at radius 2 is 1.94 bits per heavy atom. The second kappa shape index (κ2) is 10.6. The number of amides is 2. The number of hydrogen-bond donors (Lipinski definition) is 0. The number of aromatic nitrogens is 1. The van der Waals surface area contributed by atoms with Gasteiger partial charge in [-0.15, -0.1) is 0 Å². The van der Waals surface area contributed by atoms with E-state index in [-0.39, 0.29) is 41.7 Å². The number of benzene rings is 1. The van der Waals surface area contributed by atoms with Crippen LogP contribution in [0.2, 0.25) is 0 Å². The number of para-hydroxylation sites is 1. The maximum Gasteiger partial charge on any atom is 0.310 e. The van der Waals surface area contributed by atoms with E-state index in [4.69, 9.17) is 9.47 Å². The van der Waals surface area contributed by atoms with Gasteiger partial charge in [0.1, 0.15) is 11.3 Å². The van der Waals surface area contributed by atoms with Crippen molar-refractivity contribution >= 4 is 17.8 Å². The van der Waals surface area contributed by atoms with E-state index in [0.717, 1.165) is 6.42 Å². The van der Waals surface area contributed by atoms with Gasteiger partial charge in [-0.05, 0) is 44.0 Å². The minimum Gasteiger partial charge on any atom is -0.466 e. The number of ether oxygens (including phenoxy) is 2. The van der Waals surface area contributed by atoms with Crippen molar-refractivity contribution in [3.63, 3.8) is 0 Å². The molecule has 8 heteroatoms. The number of nitrogens with zero attached hydrogens (tertiary/aromatic N) is 3. The molecule has 0 radical (unpaired) electrons. The van der Waals surface area contributed by atoms with Crippen molar-refractivity contribution in [1.82, 2.24) is 14.8 Å². The number of likely N-dealkylation sites (tertiary alicyclic amines) is 1. The number of likely N-dealkylation sites (N-methyl/N-ethyl adjacent to an activating group) is 1. The standard InChI is InChI=1S/C23H27N3O5/c1-3-30-23(29)17-9-8-14-26(15-17)20(27)16-25(2)22(28)19-12-7-13-24-21(19)31-18-10-5-4-6-11-18/h4-7,10-13,17H,3,8-9,14-16H2,1-2H3. The van der Waals surface area contributed by atoms with Crippen LogP contribution in [0.1, 0.15) is 30.1 Å². The van der Waals surface area contributed by atoms with Crippen LogP contribution in [0.15, 0.2) is 48.7 Å². The molecule has 1 atom stereocenters. The van der Waals surface area contributed by atoms with Crippen LogP contribution in [0, 0.1) is 5.92 Å². The molecule has 1 aliphatic rings. The fourth-order valence-corrected chi connectivity index (χ4v) is 3.47. The summed E-state index contributed by atoms with van der Waals surface area (Å²) in [6.07, 6.45) is 2.97. The van der Waals surface area contributed by atoms with Crippen LogP contribution in [-0.2, 0) is 14.3 Å². The third-order valence-corrected chi connectivity index (χ3v) is 5.07. The van der Waals surface area contributed by atoms with Crippen molar-refractivity contribution in [2.45, 2.75) is 19.8 Å². The van der Waals surface area contributed by atoms with E-state index < -0.39 is 0 Å². The van der Waals surface area contributed by atoms with Crippen molar-refractivity contribution in [3.8, 4) is 11.6 Å². The van der Waals surface area contributed by atoms with Crippen molar-refractivity contribution in [3.05, 3.63) is 54.2 Å². The summed E-state index contributed by atoms with van der Waals surface area (Å²) in [5.41, 5.74) is 0.268. The van der Waals surface area contributed by atoms with Gasteiger partial charge >= 0.3 is 5.97 Å². The van der Waals surface area contributed by atoms with Crippen LogP contribution in [0.5, 0.6) is 11.6 Å². The summed E-state index contributed by atoms with van der Waals surface area (Å²) in [5, 5.41) is 0. The molecule has 2 amide bonds. The van der Waals surface area contributed by atoms with E-state index in [2.05, 4.69) is 4.98 Å². The molecule has 1 saturated heterocycles. The van der Waals surface area contributed by atoms with Gasteiger partial charge in [0.05, 0.1) is 19.1 Å². The highest BCUT2D eigenvalue weighted by atomic mass is 16.5. The van der Waals surface area contributed by atoms with E-state index >= 15 is 0 Å². The molecule has 0 bridgehead atoms. The number of rotatable bonds is 7. The summed E-state index contributed by atoms with van der Waals surface area (Å²) in [6, 6.07) is 12.3. The van der Waals surface area contributed by atoms with Crippen LogP contribution >= 0.6 is 0 Å². The van der Waals surface area contributed by atoms with Crippen LogP contribution in [0.25, 0.3) is 0 Å². The summed E-state index contributed by atoms with van der Waals surface area (Å²) >= 11 is 0. The van der Waals surface area contributed by atoms with Gasteiger partial charge in [0.15, 0.2) is 0 Å². The Hall–Kier alpha value is -3.42. The molecule has 1 aromatic heterocycles. The highest BCUT2D eigenvalue weighted by Gasteiger charge is 2.30. The Morgan fingerprint density at radius 3 is 2.68 bits per heavy atom. The quantitative estimate of drug-likeness (QED) is 0.634. The van der Waals surface area contributed by atoms with Crippen molar-refractivity contribution < 1.29 is 23.9 Å². The molecule has 164 valence electrons. The van der Waals surface area contributed by atoms with Crippen LogP contribution in [-0.4, -0.2) is 65.9 Å². The predicted octanol–water partition coefficient (Wildman–Crippen LogP) is 2.75. The monoisotopic (exact) mass is 425 g/mol. The summed E-state index contributed by atoms with van der Waals surface area (Å²) in [4.78, 5) is 44.9. The molecule has 8 nitrogen and oxygen atoms in total. The van der Waals surface area contributed by atoms with Gasteiger partial charge in [-0.25, -0.2) is 4.98 Å². The number of carbonyl (C=O) groups is 3. The van der Waals surface area contributed by atoms with Gasteiger partial charge in [0.25, 0.3) is 5.91 Å². The molecule has 0 N–H and O–H groups in total. The highest BCUT2D eigenvalue weighted by molar-refractivity contribution is 5.98. The molecule has 0 saturated carbocycles. The van der Waals surface area contributed by atoms with Gasteiger partial charge in [-0.3, -0.25) is 14.4 Å². The Kier molecular flexibility index (Phi) is 7.59. The first-order valence-electron chi connectivity index (χ1n) is 10.4. The molecule has 2 aromatic rings. The zero-order valence-corrected chi connectivity index (χ0v) is 17.8. The van der Waals surface area contributed by atoms with Crippen molar-refractivity contribution in [2.24, 2.45) is 5.92 Å². The zero-order valence-electron chi connectivity index (χ0n) is 17.8. The number of piperidine rings is 1. The topological polar surface area (TPSA) is 89.0 Å². The summed E-state index contributed by atoms with van der Waals surface area (Å²) < 4.78 is 10.8. The first-order valence-corrected chi connectivity index (χ1v) is 10.4. The van der Waals surface area contributed by atoms with Gasteiger partial charge in [0.2, 0.25) is 11.8 Å². The van der Waals surface area contributed by atoms with Crippen LogP contribution in [0.4, 0.5) is 0 Å². The Morgan fingerprint density at radius 1 is 1.16 bits per heavy atom. The maximum atomic E-state index is 13.0. The lowest BCUT2D eigenvalue weighted by Gasteiger charge is -2.32. The summed E-state index contributed by atoms with van der Waals surface area (Å²) in [5.74, 6) is -0.429. The molecule has 1 aliphatic heterocycles. The molecule has 1 aromatic carbocycles.